The number of amides is 1. The van der Waals surface area contributed by atoms with Crippen molar-refractivity contribution in [2.75, 3.05) is 12.4 Å². The van der Waals surface area contributed by atoms with Crippen LogP contribution in [0.5, 0.6) is 23.0 Å². The monoisotopic (exact) mass is 385 g/mol. The van der Waals surface area contributed by atoms with Gasteiger partial charge in [-0.1, -0.05) is 30.3 Å². The maximum absolute atomic E-state index is 12.6. The molecule has 0 aliphatic carbocycles. The standard InChI is InChI=1S/C21H17F2NO4/c1-26-19-13-14(11-12-18(19)28-21(22)23)20(25)24-16-9-5-6-10-17(16)27-15-7-3-2-4-8-15/h2-13,21H,1H3,(H,24,25). The number of rotatable bonds is 7. The van der Waals surface area contributed by atoms with Crippen LogP contribution in [0.1, 0.15) is 10.4 Å². The molecule has 1 amide bonds. The van der Waals surface area contributed by atoms with Crippen molar-refractivity contribution < 1.29 is 27.8 Å². The summed E-state index contributed by atoms with van der Waals surface area (Å²) in [5.41, 5.74) is 0.677. The molecule has 3 aromatic rings. The van der Waals surface area contributed by atoms with E-state index in [4.69, 9.17) is 9.47 Å². The van der Waals surface area contributed by atoms with E-state index in [1.807, 2.05) is 18.2 Å². The van der Waals surface area contributed by atoms with Crippen LogP contribution in [0.25, 0.3) is 0 Å². The van der Waals surface area contributed by atoms with Crippen LogP contribution >= 0.6 is 0 Å². The highest BCUT2D eigenvalue weighted by Gasteiger charge is 2.15. The molecular weight excluding hydrogens is 368 g/mol. The molecule has 7 heteroatoms. The second-order valence-corrected chi connectivity index (χ2v) is 5.61. The van der Waals surface area contributed by atoms with Crippen molar-refractivity contribution in [2.45, 2.75) is 6.61 Å². The van der Waals surface area contributed by atoms with Gasteiger partial charge in [-0.3, -0.25) is 4.79 Å². The molecule has 0 unspecified atom stereocenters. The summed E-state index contributed by atoms with van der Waals surface area (Å²) in [6, 6.07) is 20.1. The molecule has 0 heterocycles. The van der Waals surface area contributed by atoms with Crippen molar-refractivity contribution in [1.29, 1.82) is 0 Å². The van der Waals surface area contributed by atoms with Crippen LogP contribution in [0.3, 0.4) is 0 Å². The second-order valence-electron chi connectivity index (χ2n) is 5.61. The van der Waals surface area contributed by atoms with Crippen molar-refractivity contribution in [3.05, 3.63) is 78.4 Å². The van der Waals surface area contributed by atoms with Gasteiger partial charge >= 0.3 is 6.61 Å². The Morgan fingerprint density at radius 2 is 1.61 bits per heavy atom. The Balaban J connectivity index is 1.80. The fraction of sp³-hybridized carbons (Fsp3) is 0.0952. The molecule has 28 heavy (non-hydrogen) atoms. The largest absolute Gasteiger partial charge is 0.493 e. The van der Waals surface area contributed by atoms with Crippen molar-refractivity contribution in [3.63, 3.8) is 0 Å². The second kappa shape index (κ2) is 8.85. The molecule has 1 N–H and O–H groups in total. The fourth-order valence-corrected chi connectivity index (χ4v) is 2.47. The van der Waals surface area contributed by atoms with Gasteiger partial charge in [-0.15, -0.1) is 0 Å². The van der Waals surface area contributed by atoms with Crippen molar-refractivity contribution in [1.82, 2.24) is 0 Å². The zero-order chi connectivity index (χ0) is 19.9. The Kier molecular flexibility index (Phi) is 6.06. The SMILES string of the molecule is COc1cc(C(=O)Nc2ccccc2Oc2ccccc2)ccc1OC(F)F. The van der Waals surface area contributed by atoms with Gasteiger partial charge in [0.1, 0.15) is 5.75 Å². The molecule has 0 fully saturated rings. The minimum Gasteiger partial charge on any atom is -0.493 e. The number of alkyl halides is 2. The number of halogens is 2. The lowest BCUT2D eigenvalue weighted by Gasteiger charge is -2.14. The molecule has 0 aliphatic rings. The van der Waals surface area contributed by atoms with Gasteiger partial charge < -0.3 is 19.5 Å². The van der Waals surface area contributed by atoms with E-state index in [1.54, 1.807) is 36.4 Å². The van der Waals surface area contributed by atoms with Gasteiger partial charge in [-0.05, 0) is 42.5 Å². The number of ether oxygens (including phenoxy) is 3. The third-order valence-corrected chi connectivity index (χ3v) is 3.75. The number of methoxy groups -OCH3 is 1. The van der Waals surface area contributed by atoms with E-state index < -0.39 is 12.5 Å². The predicted octanol–water partition coefficient (Wildman–Crippen LogP) is 5.34. The van der Waals surface area contributed by atoms with Crippen LogP contribution in [0.2, 0.25) is 0 Å². The summed E-state index contributed by atoms with van der Waals surface area (Å²) >= 11 is 0. The van der Waals surface area contributed by atoms with Crippen LogP contribution in [-0.4, -0.2) is 19.6 Å². The molecule has 5 nitrogen and oxygen atoms in total. The van der Waals surface area contributed by atoms with Gasteiger partial charge in [0.15, 0.2) is 17.2 Å². The van der Waals surface area contributed by atoms with Crippen molar-refractivity contribution in [2.24, 2.45) is 0 Å². The van der Waals surface area contributed by atoms with Crippen LogP contribution < -0.4 is 19.5 Å². The molecule has 0 bridgehead atoms. The first-order valence-electron chi connectivity index (χ1n) is 8.33. The molecule has 0 spiro atoms. The maximum atomic E-state index is 12.6. The van der Waals surface area contributed by atoms with E-state index in [0.29, 0.717) is 17.2 Å². The third-order valence-electron chi connectivity index (χ3n) is 3.75. The summed E-state index contributed by atoms with van der Waals surface area (Å²) in [5, 5.41) is 2.75. The average Bonchev–Trinajstić information content (AvgIpc) is 2.70. The predicted molar refractivity (Wildman–Crippen MR) is 101 cm³/mol. The van der Waals surface area contributed by atoms with Crippen LogP contribution in [0.4, 0.5) is 14.5 Å². The molecule has 0 aliphatic heterocycles. The zero-order valence-electron chi connectivity index (χ0n) is 14.9. The molecule has 0 saturated carbocycles. The minimum atomic E-state index is -2.99. The molecular formula is C21H17F2NO4. The number of hydrogen-bond donors (Lipinski definition) is 1. The number of hydrogen-bond acceptors (Lipinski definition) is 4. The van der Waals surface area contributed by atoms with E-state index in [1.165, 1.54) is 25.3 Å². The van der Waals surface area contributed by atoms with Gasteiger partial charge in [-0.2, -0.15) is 8.78 Å². The van der Waals surface area contributed by atoms with Gasteiger partial charge in [-0.25, -0.2) is 0 Å². The smallest absolute Gasteiger partial charge is 0.387 e. The molecule has 0 aromatic heterocycles. The summed E-state index contributed by atoms with van der Waals surface area (Å²) in [6.07, 6.45) is 0. The summed E-state index contributed by atoms with van der Waals surface area (Å²) in [5.74, 6) is 0.515. The zero-order valence-corrected chi connectivity index (χ0v) is 14.9. The summed E-state index contributed by atoms with van der Waals surface area (Å²) in [6.45, 7) is -2.99. The Hall–Kier alpha value is -3.61. The van der Waals surface area contributed by atoms with Crippen LogP contribution in [0, 0.1) is 0 Å². The lowest BCUT2D eigenvalue weighted by atomic mass is 10.1. The van der Waals surface area contributed by atoms with E-state index in [0.717, 1.165) is 0 Å². The van der Waals surface area contributed by atoms with E-state index in [-0.39, 0.29) is 17.1 Å². The quantitative estimate of drug-likeness (QED) is 0.596. The first kappa shape index (κ1) is 19.2. The van der Waals surface area contributed by atoms with Crippen LogP contribution in [0.15, 0.2) is 72.8 Å². The Morgan fingerprint density at radius 3 is 2.32 bits per heavy atom. The average molecular weight is 385 g/mol. The van der Waals surface area contributed by atoms with E-state index in [2.05, 4.69) is 10.1 Å². The summed E-state index contributed by atoms with van der Waals surface area (Å²) < 4.78 is 40.1. The van der Waals surface area contributed by atoms with E-state index >= 15 is 0 Å². The van der Waals surface area contributed by atoms with Gasteiger partial charge in [0.05, 0.1) is 12.8 Å². The molecule has 0 atom stereocenters. The Labute approximate surface area is 160 Å². The molecule has 3 rings (SSSR count). The van der Waals surface area contributed by atoms with Crippen LogP contribution in [-0.2, 0) is 0 Å². The Morgan fingerprint density at radius 1 is 0.893 bits per heavy atom. The third kappa shape index (κ3) is 4.76. The number of nitrogens with one attached hydrogen (secondary N) is 1. The summed E-state index contributed by atoms with van der Waals surface area (Å²) in [4.78, 5) is 12.6. The molecule has 144 valence electrons. The highest BCUT2D eigenvalue weighted by atomic mass is 19.3. The number of benzene rings is 3. The van der Waals surface area contributed by atoms with Gasteiger partial charge in [0.2, 0.25) is 0 Å². The van der Waals surface area contributed by atoms with Crippen molar-refractivity contribution >= 4 is 11.6 Å². The first-order chi connectivity index (χ1) is 13.6. The number of carbonyl (C=O) groups excluding carboxylic acids is 1. The fourth-order valence-electron chi connectivity index (χ4n) is 2.47. The number of anilines is 1. The molecule has 0 radical (unpaired) electrons. The molecule has 0 saturated heterocycles. The van der Waals surface area contributed by atoms with E-state index in [9.17, 15) is 13.6 Å². The topological polar surface area (TPSA) is 56.8 Å². The highest BCUT2D eigenvalue weighted by molar-refractivity contribution is 6.05. The lowest BCUT2D eigenvalue weighted by molar-refractivity contribution is -0.0512. The maximum Gasteiger partial charge on any atom is 0.387 e. The first-order valence-corrected chi connectivity index (χ1v) is 8.33. The number of carbonyl (C=O) groups is 1. The molecule has 3 aromatic carbocycles. The van der Waals surface area contributed by atoms with Gasteiger partial charge in [0, 0.05) is 5.56 Å². The minimum absolute atomic E-state index is 0.0294. The Bertz CT molecular complexity index is 948. The normalized spacial score (nSPS) is 10.4. The number of para-hydroxylation sites is 3. The van der Waals surface area contributed by atoms with Gasteiger partial charge in [0.25, 0.3) is 5.91 Å². The van der Waals surface area contributed by atoms with Crippen molar-refractivity contribution in [3.8, 4) is 23.0 Å². The summed E-state index contributed by atoms with van der Waals surface area (Å²) in [7, 11) is 1.30. The lowest BCUT2D eigenvalue weighted by Crippen LogP contribution is -2.13. The highest BCUT2D eigenvalue weighted by Crippen LogP contribution is 2.32.